The molecule has 0 aliphatic carbocycles. The maximum absolute atomic E-state index is 6.22. The number of piperazine rings is 1. The summed E-state index contributed by atoms with van der Waals surface area (Å²) in [7, 11) is 0. The van der Waals surface area contributed by atoms with Gasteiger partial charge in [0.25, 0.3) is 0 Å². The Hall–Kier alpha value is -3.88. The number of nitrogens with one attached hydrogen (secondary N) is 1. The number of hydrogen-bond donors (Lipinski definition) is 1. The standard InChI is InChI=1S/C34H31Cl2N5O2/c35-26-10-6-24(7-11-26)33(25-8-12-27(36)13-9-25)41-17-15-40(16-18-41)21-32-38-29-4-2-1-3-28(29)34(39-32)37-20-23-5-14-30-31(19-23)43-22-42-30/h1-14,19,33H,15-18,20-22H2,(H,37,38,39). The molecule has 218 valence electrons. The summed E-state index contributed by atoms with van der Waals surface area (Å²) in [5.74, 6) is 3.21. The van der Waals surface area contributed by atoms with Crippen LogP contribution in [0.4, 0.5) is 5.82 Å². The van der Waals surface area contributed by atoms with Crippen molar-refractivity contribution in [3.8, 4) is 11.5 Å². The molecule has 0 unspecified atom stereocenters. The van der Waals surface area contributed by atoms with Gasteiger partial charge in [-0.1, -0.05) is 65.7 Å². The summed E-state index contributed by atoms with van der Waals surface area (Å²) < 4.78 is 11.0. The fourth-order valence-electron chi connectivity index (χ4n) is 5.85. The van der Waals surface area contributed by atoms with Gasteiger partial charge in [0.2, 0.25) is 6.79 Å². The Bertz CT molecular complexity index is 1680. The fraction of sp³-hybridized carbons (Fsp3) is 0.235. The minimum Gasteiger partial charge on any atom is -0.454 e. The van der Waals surface area contributed by atoms with Gasteiger partial charge in [0, 0.05) is 48.2 Å². The molecule has 4 aromatic carbocycles. The number of benzene rings is 4. The van der Waals surface area contributed by atoms with E-state index in [1.807, 2.05) is 60.7 Å². The predicted molar refractivity (Wildman–Crippen MR) is 171 cm³/mol. The van der Waals surface area contributed by atoms with Gasteiger partial charge >= 0.3 is 0 Å². The number of ether oxygens (including phenoxy) is 2. The van der Waals surface area contributed by atoms with Gasteiger partial charge in [0.1, 0.15) is 11.6 Å². The molecule has 1 N–H and O–H groups in total. The lowest BCUT2D eigenvalue weighted by Gasteiger charge is -2.39. The second-order valence-corrected chi connectivity index (χ2v) is 11.7. The summed E-state index contributed by atoms with van der Waals surface area (Å²) in [6.07, 6.45) is 0. The lowest BCUT2D eigenvalue weighted by Crippen LogP contribution is -2.47. The van der Waals surface area contributed by atoms with E-state index in [9.17, 15) is 0 Å². The molecule has 5 aromatic rings. The molecule has 1 saturated heterocycles. The third-order valence-corrected chi connectivity index (χ3v) is 8.56. The van der Waals surface area contributed by atoms with Crippen LogP contribution in [0.5, 0.6) is 11.5 Å². The van der Waals surface area contributed by atoms with Gasteiger partial charge in [-0.25, -0.2) is 9.97 Å². The predicted octanol–water partition coefficient (Wildman–Crippen LogP) is 7.18. The first kappa shape index (κ1) is 27.9. The van der Waals surface area contributed by atoms with Crippen LogP contribution in [0.25, 0.3) is 10.9 Å². The topological polar surface area (TPSA) is 62.8 Å². The van der Waals surface area contributed by atoms with Crippen LogP contribution < -0.4 is 14.8 Å². The van der Waals surface area contributed by atoms with Crippen molar-refractivity contribution >= 4 is 39.9 Å². The Morgan fingerprint density at radius 1 is 0.744 bits per heavy atom. The van der Waals surface area contributed by atoms with E-state index >= 15 is 0 Å². The molecule has 0 atom stereocenters. The minimum atomic E-state index is 0.126. The molecule has 2 aliphatic heterocycles. The molecule has 0 bridgehead atoms. The van der Waals surface area contributed by atoms with Crippen molar-refractivity contribution in [3.05, 3.63) is 124 Å². The molecule has 0 radical (unpaired) electrons. The zero-order chi connectivity index (χ0) is 29.2. The monoisotopic (exact) mass is 611 g/mol. The average Bonchev–Trinajstić information content (AvgIpc) is 3.51. The van der Waals surface area contributed by atoms with Crippen LogP contribution in [0.3, 0.4) is 0 Å². The first-order valence-electron chi connectivity index (χ1n) is 14.4. The molecule has 2 aliphatic rings. The summed E-state index contributed by atoms with van der Waals surface area (Å²) in [5, 5.41) is 6.03. The number of para-hydroxylation sites is 1. The van der Waals surface area contributed by atoms with Crippen molar-refractivity contribution in [2.45, 2.75) is 19.1 Å². The Balaban J connectivity index is 1.06. The number of halogens is 2. The third kappa shape index (κ3) is 6.26. The SMILES string of the molecule is Clc1ccc(C(c2ccc(Cl)cc2)N2CCN(Cc3nc(NCc4ccc5c(c4)OCO5)c4ccccc4n3)CC2)cc1. The molecule has 3 heterocycles. The molecule has 0 spiro atoms. The van der Waals surface area contributed by atoms with E-state index in [2.05, 4.69) is 45.4 Å². The van der Waals surface area contributed by atoms with Crippen LogP contribution in [0, 0.1) is 0 Å². The van der Waals surface area contributed by atoms with E-state index in [1.165, 1.54) is 11.1 Å². The summed E-state index contributed by atoms with van der Waals surface area (Å²) >= 11 is 12.4. The number of fused-ring (bicyclic) bond motifs is 2. The second-order valence-electron chi connectivity index (χ2n) is 10.9. The molecular weight excluding hydrogens is 581 g/mol. The molecule has 43 heavy (non-hydrogen) atoms. The summed E-state index contributed by atoms with van der Waals surface area (Å²) in [6.45, 7) is 5.22. The molecule has 1 aromatic heterocycles. The Labute approximate surface area is 261 Å². The Morgan fingerprint density at radius 2 is 1.42 bits per heavy atom. The normalized spacial score (nSPS) is 15.3. The van der Waals surface area contributed by atoms with E-state index in [0.717, 1.165) is 75.8 Å². The Morgan fingerprint density at radius 3 is 2.14 bits per heavy atom. The molecule has 1 fully saturated rings. The Kier molecular flexibility index (Phi) is 8.04. The van der Waals surface area contributed by atoms with Crippen molar-refractivity contribution in [2.75, 3.05) is 38.3 Å². The number of hydrogen-bond acceptors (Lipinski definition) is 7. The van der Waals surface area contributed by atoms with Gasteiger partial charge in [-0.3, -0.25) is 9.80 Å². The lowest BCUT2D eigenvalue weighted by molar-refractivity contribution is 0.103. The molecule has 9 heteroatoms. The fourth-order valence-corrected chi connectivity index (χ4v) is 6.10. The van der Waals surface area contributed by atoms with Gasteiger partial charge in [-0.15, -0.1) is 0 Å². The van der Waals surface area contributed by atoms with Crippen LogP contribution in [-0.2, 0) is 13.1 Å². The van der Waals surface area contributed by atoms with Crippen molar-refractivity contribution in [1.82, 2.24) is 19.8 Å². The molecule has 7 rings (SSSR count). The van der Waals surface area contributed by atoms with Crippen molar-refractivity contribution in [3.63, 3.8) is 0 Å². The summed E-state index contributed by atoms with van der Waals surface area (Å²) in [4.78, 5) is 14.9. The maximum Gasteiger partial charge on any atom is 0.231 e. The highest BCUT2D eigenvalue weighted by molar-refractivity contribution is 6.30. The lowest BCUT2D eigenvalue weighted by atomic mass is 9.96. The maximum atomic E-state index is 6.22. The van der Waals surface area contributed by atoms with Crippen molar-refractivity contribution < 1.29 is 9.47 Å². The minimum absolute atomic E-state index is 0.126. The van der Waals surface area contributed by atoms with Gasteiger partial charge in [-0.05, 0) is 65.2 Å². The number of nitrogens with zero attached hydrogens (tertiary/aromatic N) is 4. The van der Waals surface area contributed by atoms with E-state index in [-0.39, 0.29) is 12.8 Å². The van der Waals surface area contributed by atoms with E-state index in [0.29, 0.717) is 13.1 Å². The third-order valence-electron chi connectivity index (χ3n) is 8.06. The zero-order valence-corrected chi connectivity index (χ0v) is 25.1. The first-order chi connectivity index (χ1) is 21.1. The molecule has 0 saturated carbocycles. The molecule has 7 nitrogen and oxygen atoms in total. The highest BCUT2D eigenvalue weighted by Crippen LogP contribution is 2.34. The van der Waals surface area contributed by atoms with E-state index in [1.54, 1.807) is 0 Å². The van der Waals surface area contributed by atoms with E-state index < -0.39 is 0 Å². The second kappa shape index (κ2) is 12.4. The van der Waals surface area contributed by atoms with Gasteiger partial charge in [0.05, 0.1) is 18.1 Å². The van der Waals surface area contributed by atoms with Crippen LogP contribution in [0.2, 0.25) is 10.0 Å². The van der Waals surface area contributed by atoms with Gasteiger partial charge in [-0.2, -0.15) is 0 Å². The number of aromatic nitrogens is 2. The smallest absolute Gasteiger partial charge is 0.231 e. The first-order valence-corrected chi connectivity index (χ1v) is 15.2. The van der Waals surface area contributed by atoms with Crippen LogP contribution in [-0.4, -0.2) is 52.7 Å². The van der Waals surface area contributed by atoms with Crippen molar-refractivity contribution in [1.29, 1.82) is 0 Å². The summed E-state index contributed by atoms with van der Waals surface area (Å²) in [6, 6.07) is 30.6. The highest BCUT2D eigenvalue weighted by atomic mass is 35.5. The highest BCUT2D eigenvalue weighted by Gasteiger charge is 2.27. The largest absolute Gasteiger partial charge is 0.454 e. The zero-order valence-electron chi connectivity index (χ0n) is 23.5. The van der Waals surface area contributed by atoms with Crippen LogP contribution >= 0.6 is 23.2 Å². The number of rotatable bonds is 8. The van der Waals surface area contributed by atoms with Crippen molar-refractivity contribution in [2.24, 2.45) is 0 Å². The van der Waals surface area contributed by atoms with E-state index in [4.69, 9.17) is 42.6 Å². The van der Waals surface area contributed by atoms with Crippen LogP contribution in [0.1, 0.15) is 28.6 Å². The van der Waals surface area contributed by atoms with Gasteiger partial charge < -0.3 is 14.8 Å². The summed E-state index contributed by atoms with van der Waals surface area (Å²) in [5.41, 5.74) is 4.47. The quantitative estimate of drug-likeness (QED) is 0.199. The van der Waals surface area contributed by atoms with Crippen LogP contribution in [0.15, 0.2) is 91.0 Å². The number of anilines is 1. The molecular formula is C34H31Cl2N5O2. The average molecular weight is 613 g/mol. The van der Waals surface area contributed by atoms with Gasteiger partial charge in [0.15, 0.2) is 11.5 Å². The molecule has 0 amide bonds.